The predicted octanol–water partition coefficient (Wildman–Crippen LogP) is 5.95. The molecule has 0 saturated carbocycles. The van der Waals surface area contributed by atoms with Crippen LogP contribution in [0, 0.1) is 0 Å². The van der Waals surface area contributed by atoms with E-state index in [1.165, 1.54) is 38.5 Å². The third-order valence-electron chi connectivity index (χ3n) is 3.38. The van der Waals surface area contributed by atoms with Gasteiger partial charge in [-0.3, -0.25) is 0 Å². The number of methoxy groups -OCH3 is 2. The number of hydrogen-bond donors (Lipinski definition) is 0. The first-order chi connectivity index (χ1) is 18.0. The van der Waals surface area contributed by atoms with Crippen LogP contribution in [0.2, 0.25) is 0 Å². The lowest BCUT2D eigenvalue weighted by Gasteiger charge is -1.92. The highest BCUT2D eigenvalue weighted by atomic mass is 16.5. The fourth-order valence-electron chi connectivity index (χ4n) is 1.48. The van der Waals surface area contributed by atoms with Crippen LogP contribution in [-0.4, -0.2) is 51.3 Å². The van der Waals surface area contributed by atoms with Gasteiger partial charge in [-0.05, 0) is 52.7 Å². The zero-order chi connectivity index (χ0) is 30.2. The van der Waals surface area contributed by atoms with E-state index in [2.05, 4.69) is 32.1 Å². The van der Waals surface area contributed by atoms with Gasteiger partial charge in [-0.25, -0.2) is 19.2 Å². The van der Waals surface area contributed by atoms with Crippen LogP contribution in [0.5, 0.6) is 0 Å². The predicted molar refractivity (Wildman–Crippen MR) is 153 cm³/mol. The fraction of sp³-hybridized carbons (Fsp3) is 0.333. The molecule has 0 amide bonds. The van der Waals surface area contributed by atoms with Gasteiger partial charge in [-0.15, -0.1) is 0 Å². The lowest BCUT2D eigenvalue weighted by molar-refractivity contribution is -0.138. The Balaban J connectivity index is -0.000000203. The second-order valence-electron chi connectivity index (χ2n) is 6.51. The van der Waals surface area contributed by atoms with Gasteiger partial charge < -0.3 is 18.9 Å². The molecule has 8 nitrogen and oxygen atoms in total. The fourth-order valence-corrected chi connectivity index (χ4v) is 1.48. The molecule has 0 fully saturated rings. The van der Waals surface area contributed by atoms with Gasteiger partial charge in [0.1, 0.15) is 0 Å². The van der Waals surface area contributed by atoms with Crippen LogP contribution in [0.25, 0.3) is 0 Å². The van der Waals surface area contributed by atoms with Crippen molar-refractivity contribution in [2.45, 2.75) is 41.5 Å². The van der Waals surface area contributed by atoms with E-state index in [4.69, 9.17) is 0 Å². The molecule has 0 aromatic rings. The molecule has 0 aromatic heterocycles. The van der Waals surface area contributed by atoms with Gasteiger partial charge in [-0.2, -0.15) is 0 Å². The third-order valence-corrected chi connectivity index (χ3v) is 3.38. The molecule has 0 aliphatic heterocycles. The van der Waals surface area contributed by atoms with Gasteiger partial charge >= 0.3 is 23.9 Å². The topological polar surface area (TPSA) is 105 Å². The van der Waals surface area contributed by atoms with Gasteiger partial charge in [0, 0.05) is 24.3 Å². The lowest BCUT2D eigenvalue weighted by atomic mass is 10.3. The molecule has 0 aliphatic rings. The first-order valence-corrected chi connectivity index (χ1v) is 11.7. The highest BCUT2D eigenvalue weighted by molar-refractivity contribution is 5.83. The molecule has 212 valence electrons. The van der Waals surface area contributed by atoms with E-state index >= 15 is 0 Å². The third kappa shape index (κ3) is 39.0. The van der Waals surface area contributed by atoms with Gasteiger partial charge in [0.15, 0.2) is 0 Å². The van der Waals surface area contributed by atoms with E-state index in [1.807, 2.05) is 26.0 Å². The van der Waals surface area contributed by atoms with Crippen LogP contribution in [-0.2, 0) is 38.1 Å². The first-order valence-electron chi connectivity index (χ1n) is 11.7. The van der Waals surface area contributed by atoms with Gasteiger partial charge in [0.2, 0.25) is 0 Å². The van der Waals surface area contributed by atoms with Crippen molar-refractivity contribution >= 4 is 23.9 Å². The summed E-state index contributed by atoms with van der Waals surface area (Å²) in [7, 11) is 2.68. The second-order valence-corrected chi connectivity index (χ2v) is 6.51. The highest BCUT2D eigenvalue weighted by Gasteiger charge is 1.92. The Morgan fingerprint density at radius 1 is 0.605 bits per heavy atom. The maximum absolute atomic E-state index is 10.6. The molecule has 0 spiro atoms. The van der Waals surface area contributed by atoms with Gasteiger partial charge in [0.05, 0.1) is 27.4 Å². The highest BCUT2D eigenvalue weighted by Crippen LogP contribution is 1.93. The standard InChI is InChI=1S/2C8H12O2.2C7H10O2/c2*1-3-5-6-7-8(9)10-4-2;2*1-4-6(2)5-7(8)9-3/h2*3,5-7H,4H2,1-2H3;2*4-5H,1H2,2-3H3/b2*5-3+,7-6+;2*6-5-. The molecular formula is C30H44O8. The number of esters is 4. The smallest absolute Gasteiger partial charge is 0.330 e. The quantitative estimate of drug-likeness (QED) is 0.147. The number of carbonyl (C=O) groups excluding carboxylic acids is 4. The van der Waals surface area contributed by atoms with E-state index < -0.39 is 0 Å². The molecule has 0 heterocycles. The maximum atomic E-state index is 10.6. The van der Waals surface area contributed by atoms with Gasteiger partial charge in [-0.1, -0.05) is 61.8 Å². The number of ether oxygens (including phenoxy) is 4. The monoisotopic (exact) mass is 532 g/mol. The Labute approximate surface area is 228 Å². The molecule has 0 bridgehead atoms. The molecular weight excluding hydrogens is 488 g/mol. The largest absolute Gasteiger partial charge is 0.466 e. The van der Waals surface area contributed by atoms with Gasteiger partial charge in [0.25, 0.3) is 0 Å². The van der Waals surface area contributed by atoms with Crippen molar-refractivity contribution in [3.8, 4) is 0 Å². The lowest BCUT2D eigenvalue weighted by Crippen LogP contribution is -1.98. The van der Waals surface area contributed by atoms with Crippen LogP contribution in [0.4, 0.5) is 0 Å². The summed E-state index contributed by atoms with van der Waals surface area (Å²) in [5, 5.41) is 0. The molecule has 0 N–H and O–H groups in total. The zero-order valence-corrected chi connectivity index (χ0v) is 24.0. The van der Waals surface area contributed by atoms with Crippen molar-refractivity contribution in [3.63, 3.8) is 0 Å². The molecule has 0 unspecified atom stereocenters. The van der Waals surface area contributed by atoms with Crippen molar-refractivity contribution in [2.75, 3.05) is 27.4 Å². The molecule has 38 heavy (non-hydrogen) atoms. The maximum Gasteiger partial charge on any atom is 0.330 e. The zero-order valence-electron chi connectivity index (χ0n) is 24.0. The second kappa shape index (κ2) is 32.8. The average Bonchev–Trinajstić information content (AvgIpc) is 2.90. The summed E-state index contributed by atoms with van der Waals surface area (Å²) in [6.07, 6.45) is 19.3. The van der Waals surface area contributed by atoms with E-state index in [9.17, 15) is 19.2 Å². The van der Waals surface area contributed by atoms with E-state index in [0.717, 1.165) is 11.1 Å². The van der Waals surface area contributed by atoms with Crippen molar-refractivity contribution < 1.29 is 38.1 Å². The average molecular weight is 533 g/mol. The molecule has 0 atom stereocenters. The van der Waals surface area contributed by atoms with Crippen molar-refractivity contribution in [1.82, 2.24) is 0 Å². The molecule has 0 aliphatic carbocycles. The summed E-state index contributed by atoms with van der Waals surface area (Å²) in [6.45, 7) is 18.7. The van der Waals surface area contributed by atoms with Crippen LogP contribution >= 0.6 is 0 Å². The Hall–Kier alpha value is -4.20. The minimum Gasteiger partial charge on any atom is -0.466 e. The molecule has 0 rings (SSSR count). The summed E-state index contributed by atoms with van der Waals surface area (Å²) in [4.78, 5) is 42.0. The normalized spacial score (nSPS) is 10.8. The van der Waals surface area contributed by atoms with Crippen molar-refractivity contribution in [1.29, 1.82) is 0 Å². The number of carbonyl (C=O) groups is 4. The van der Waals surface area contributed by atoms with Crippen molar-refractivity contribution in [3.05, 3.63) is 97.2 Å². The first kappa shape index (κ1) is 40.9. The molecule has 0 radical (unpaired) electrons. The molecule has 0 saturated heterocycles. The van der Waals surface area contributed by atoms with E-state index in [-0.39, 0.29) is 23.9 Å². The Kier molecular flexibility index (Phi) is 35.3. The number of rotatable bonds is 10. The minimum absolute atomic E-state index is 0.291. The van der Waals surface area contributed by atoms with Crippen LogP contribution < -0.4 is 0 Å². The Morgan fingerprint density at radius 2 is 0.921 bits per heavy atom. The molecule has 0 aromatic carbocycles. The van der Waals surface area contributed by atoms with E-state index in [0.29, 0.717) is 13.2 Å². The summed E-state index contributed by atoms with van der Waals surface area (Å²) in [6, 6.07) is 0. The summed E-state index contributed by atoms with van der Waals surface area (Å²) < 4.78 is 18.0. The molecule has 8 heteroatoms. The number of allylic oxidation sites excluding steroid dienone is 10. The summed E-state index contributed by atoms with van der Waals surface area (Å²) in [5.74, 6) is -1.26. The summed E-state index contributed by atoms with van der Waals surface area (Å²) >= 11 is 0. The van der Waals surface area contributed by atoms with Crippen LogP contribution in [0.1, 0.15) is 41.5 Å². The van der Waals surface area contributed by atoms with Crippen molar-refractivity contribution in [2.24, 2.45) is 0 Å². The van der Waals surface area contributed by atoms with E-state index in [1.54, 1.807) is 64.2 Å². The van der Waals surface area contributed by atoms with Crippen LogP contribution in [0.3, 0.4) is 0 Å². The Morgan fingerprint density at radius 3 is 1.13 bits per heavy atom. The minimum atomic E-state index is -0.340. The Bertz CT molecular complexity index is 797. The number of hydrogen-bond acceptors (Lipinski definition) is 8. The van der Waals surface area contributed by atoms with Crippen LogP contribution in [0.15, 0.2) is 97.2 Å². The summed E-state index contributed by atoms with van der Waals surface area (Å²) in [5.41, 5.74) is 1.61. The SMILES string of the molecule is C/C=C/C=C/C(=O)OCC.C/C=C/C=C/C(=O)OCC.C=C/C(C)=C\C(=O)OC.C=C/C(C)=C\C(=O)OC.